The van der Waals surface area contributed by atoms with Crippen LogP contribution in [-0.2, 0) is 6.54 Å². The Hall–Kier alpha value is -1.87. The summed E-state index contributed by atoms with van der Waals surface area (Å²) in [6.45, 7) is 5.06. The number of benzene rings is 1. The van der Waals surface area contributed by atoms with E-state index >= 15 is 0 Å². The number of fused-ring (bicyclic) bond motifs is 1. The molecule has 0 aliphatic rings. The number of aromatic nitrogens is 3. The average Bonchev–Trinajstić information content (AvgIpc) is 2.82. The van der Waals surface area contributed by atoms with Crippen LogP contribution in [0.1, 0.15) is 12.5 Å². The topological polar surface area (TPSA) is 32.6 Å². The van der Waals surface area contributed by atoms with E-state index < -0.39 is 0 Å². The zero-order valence-corrected chi connectivity index (χ0v) is 11.7. The summed E-state index contributed by atoms with van der Waals surface area (Å²) in [6, 6.07) is 8.02. The molecule has 3 rings (SSSR count). The predicted molar refractivity (Wildman–Crippen MR) is 77.1 cm³/mol. The second-order valence-electron chi connectivity index (χ2n) is 4.63. The molecule has 0 radical (unpaired) electrons. The molecule has 2 aromatic heterocycles. The molecule has 19 heavy (non-hydrogen) atoms. The summed E-state index contributed by atoms with van der Waals surface area (Å²) in [5.74, 6) is 0.875. The smallest absolute Gasteiger partial charge is 0.179 e. The Bertz CT molecular complexity index is 707. The summed E-state index contributed by atoms with van der Waals surface area (Å²) >= 11 is 6.13. The summed E-state index contributed by atoms with van der Waals surface area (Å²) in [6.07, 6.45) is 4.14. The van der Waals surface area contributed by atoms with Gasteiger partial charge in [-0.3, -0.25) is 0 Å². The Morgan fingerprint density at radius 2 is 2.21 bits per heavy atom. The Balaban J connectivity index is 2.14. The van der Waals surface area contributed by atoms with E-state index in [1.807, 2.05) is 31.3 Å². The van der Waals surface area contributed by atoms with Gasteiger partial charge < -0.3 is 4.98 Å². The maximum absolute atomic E-state index is 6.13. The molecular formula is C15H15ClN3+. The lowest BCUT2D eigenvalue weighted by Gasteiger charge is -1.95. The Labute approximate surface area is 116 Å². The quantitative estimate of drug-likeness (QED) is 0.712. The number of pyridine rings is 1. The van der Waals surface area contributed by atoms with Crippen LogP contribution in [0.25, 0.3) is 22.4 Å². The van der Waals surface area contributed by atoms with Gasteiger partial charge in [0, 0.05) is 11.1 Å². The minimum atomic E-state index is 0.752. The van der Waals surface area contributed by atoms with Crippen molar-refractivity contribution < 1.29 is 4.57 Å². The third-order valence-electron chi connectivity index (χ3n) is 3.26. The second kappa shape index (κ2) is 4.67. The van der Waals surface area contributed by atoms with Crippen LogP contribution in [0.2, 0.25) is 5.02 Å². The molecule has 96 valence electrons. The predicted octanol–water partition coefficient (Wildman–Crippen LogP) is 3.50. The van der Waals surface area contributed by atoms with Crippen molar-refractivity contribution in [1.29, 1.82) is 0 Å². The van der Waals surface area contributed by atoms with Crippen LogP contribution in [0.4, 0.5) is 0 Å². The minimum Gasteiger partial charge on any atom is -0.338 e. The second-order valence-corrected chi connectivity index (χ2v) is 5.03. The Morgan fingerprint density at radius 3 is 3.00 bits per heavy atom. The molecule has 3 aromatic rings. The number of H-pyrrole nitrogens is 1. The minimum absolute atomic E-state index is 0.752. The van der Waals surface area contributed by atoms with Gasteiger partial charge in [0.1, 0.15) is 12.4 Å². The maximum Gasteiger partial charge on any atom is 0.179 e. The van der Waals surface area contributed by atoms with Crippen molar-refractivity contribution in [3.63, 3.8) is 0 Å². The molecule has 1 N–H and O–H groups in total. The number of nitrogens with one attached hydrogen (secondary N) is 1. The number of hydrogen-bond acceptors (Lipinski definition) is 1. The molecule has 0 amide bonds. The van der Waals surface area contributed by atoms with Gasteiger partial charge in [-0.2, -0.15) is 0 Å². The SMILES string of the molecule is CC[n+]1cccc(-c2nc3cc(Cl)c(C)cc3[nH]2)c1. The highest BCUT2D eigenvalue weighted by Gasteiger charge is 2.10. The van der Waals surface area contributed by atoms with Crippen molar-refractivity contribution in [2.45, 2.75) is 20.4 Å². The summed E-state index contributed by atoms with van der Waals surface area (Å²) in [5, 5.41) is 0.752. The van der Waals surface area contributed by atoms with E-state index in [1.54, 1.807) is 0 Å². The highest BCUT2D eigenvalue weighted by molar-refractivity contribution is 6.32. The van der Waals surface area contributed by atoms with E-state index in [0.29, 0.717) is 0 Å². The molecule has 2 heterocycles. The summed E-state index contributed by atoms with van der Waals surface area (Å²) in [5.41, 5.74) is 4.05. The standard InChI is InChI=1S/C15H15ClN3/c1-3-19-6-4-5-11(9-19)15-17-13-7-10(2)12(16)8-14(13)18-15/h4-9H,3H2,1-2H3,(H,17,18)/q+1. The summed E-state index contributed by atoms with van der Waals surface area (Å²) in [7, 11) is 0. The highest BCUT2D eigenvalue weighted by atomic mass is 35.5. The van der Waals surface area contributed by atoms with Gasteiger partial charge in [-0.15, -0.1) is 0 Å². The molecule has 0 aliphatic heterocycles. The van der Waals surface area contributed by atoms with Gasteiger partial charge in [0.25, 0.3) is 0 Å². The van der Waals surface area contributed by atoms with E-state index in [2.05, 4.69) is 33.7 Å². The first kappa shape index (κ1) is 12.2. The number of hydrogen-bond donors (Lipinski definition) is 1. The maximum atomic E-state index is 6.13. The van der Waals surface area contributed by atoms with Crippen LogP contribution < -0.4 is 4.57 Å². The average molecular weight is 273 g/mol. The number of imidazole rings is 1. The van der Waals surface area contributed by atoms with Crippen molar-refractivity contribution in [2.24, 2.45) is 0 Å². The normalized spacial score (nSPS) is 11.1. The molecule has 1 aromatic carbocycles. The number of aryl methyl sites for hydroxylation is 2. The van der Waals surface area contributed by atoms with Crippen molar-refractivity contribution in [1.82, 2.24) is 9.97 Å². The van der Waals surface area contributed by atoms with Gasteiger partial charge in [0.05, 0.1) is 16.6 Å². The van der Waals surface area contributed by atoms with Gasteiger partial charge in [-0.05, 0) is 37.6 Å². The lowest BCUT2D eigenvalue weighted by molar-refractivity contribution is -0.693. The molecule has 0 saturated carbocycles. The molecule has 4 heteroatoms. The van der Waals surface area contributed by atoms with Crippen LogP contribution in [0, 0.1) is 6.92 Å². The molecule has 0 aliphatic carbocycles. The van der Waals surface area contributed by atoms with E-state index in [0.717, 1.165) is 39.6 Å². The third kappa shape index (κ3) is 2.22. The van der Waals surface area contributed by atoms with E-state index in [1.165, 1.54) is 0 Å². The van der Waals surface area contributed by atoms with Crippen LogP contribution in [-0.4, -0.2) is 9.97 Å². The summed E-state index contributed by atoms with van der Waals surface area (Å²) in [4.78, 5) is 7.96. The van der Waals surface area contributed by atoms with E-state index in [4.69, 9.17) is 11.6 Å². The van der Waals surface area contributed by atoms with Crippen molar-refractivity contribution in [3.05, 3.63) is 47.2 Å². The number of halogens is 1. The molecule has 3 nitrogen and oxygen atoms in total. The van der Waals surface area contributed by atoms with Gasteiger partial charge in [-0.1, -0.05) is 11.6 Å². The van der Waals surface area contributed by atoms with Crippen molar-refractivity contribution in [2.75, 3.05) is 0 Å². The van der Waals surface area contributed by atoms with Gasteiger partial charge >= 0.3 is 0 Å². The van der Waals surface area contributed by atoms with Gasteiger partial charge in [0.2, 0.25) is 0 Å². The first-order valence-electron chi connectivity index (χ1n) is 6.32. The number of nitrogens with zero attached hydrogens (tertiary/aromatic N) is 2. The van der Waals surface area contributed by atoms with Crippen LogP contribution in [0.3, 0.4) is 0 Å². The van der Waals surface area contributed by atoms with Crippen molar-refractivity contribution >= 4 is 22.6 Å². The highest BCUT2D eigenvalue weighted by Crippen LogP contribution is 2.24. The fourth-order valence-corrected chi connectivity index (χ4v) is 2.29. The molecule has 0 atom stereocenters. The van der Waals surface area contributed by atoms with E-state index in [-0.39, 0.29) is 0 Å². The number of aromatic amines is 1. The lowest BCUT2D eigenvalue weighted by atomic mass is 10.2. The first-order chi connectivity index (χ1) is 9.17. The van der Waals surface area contributed by atoms with Crippen LogP contribution in [0.5, 0.6) is 0 Å². The van der Waals surface area contributed by atoms with Gasteiger partial charge in [0.15, 0.2) is 12.4 Å². The first-order valence-corrected chi connectivity index (χ1v) is 6.70. The third-order valence-corrected chi connectivity index (χ3v) is 3.67. The molecule has 0 spiro atoms. The molecule has 0 saturated heterocycles. The molecule has 0 fully saturated rings. The van der Waals surface area contributed by atoms with Gasteiger partial charge in [-0.25, -0.2) is 9.55 Å². The van der Waals surface area contributed by atoms with E-state index in [9.17, 15) is 0 Å². The zero-order valence-electron chi connectivity index (χ0n) is 10.9. The fraction of sp³-hybridized carbons (Fsp3) is 0.200. The summed E-state index contributed by atoms with van der Waals surface area (Å²) < 4.78 is 2.13. The Morgan fingerprint density at radius 1 is 1.37 bits per heavy atom. The Kier molecular flexibility index (Phi) is 2.99. The van der Waals surface area contributed by atoms with Crippen LogP contribution in [0.15, 0.2) is 36.7 Å². The molecule has 0 bridgehead atoms. The van der Waals surface area contributed by atoms with Crippen molar-refractivity contribution in [3.8, 4) is 11.4 Å². The largest absolute Gasteiger partial charge is 0.338 e. The van der Waals surface area contributed by atoms with Crippen LogP contribution >= 0.6 is 11.6 Å². The monoisotopic (exact) mass is 272 g/mol. The molecular weight excluding hydrogens is 258 g/mol. The number of rotatable bonds is 2. The lowest BCUT2D eigenvalue weighted by Crippen LogP contribution is -2.30. The fourth-order valence-electron chi connectivity index (χ4n) is 2.14. The zero-order chi connectivity index (χ0) is 13.4. The molecule has 0 unspecified atom stereocenters.